The Hall–Kier alpha value is -2.27. The highest BCUT2D eigenvalue weighted by atomic mass is 32.2. The van der Waals surface area contributed by atoms with Gasteiger partial charge in [0.15, 0.2) is 0 Å². The van der Waals surface area contributed by atoms with Crippen molar-refractivity contribution in [1.82, 2.24) is 5.32 Å². The Balaban J connectivity index is 1.61. The predicted molar refractivity (Wildman–Crippen MR) is 102 cm³/mol. The second-order valence-corrected chi connectivity index (χ2v) is 7.38. The summed E-state index contributed by atoms with van der Waals surface area (Å²) in [5.41, 5.74) is 2.45. The first-order chi connectivity index (χ1) is 12.2. The van der Waals surface area contributed by atoms with Gasteiger partial charge in [0.1, 0.15) is 0 Å². The number of carbonyl (C=O) groups excluding carboxylic acids is 2. The third-order valence-corrected chi connectivity index (χ3v) is 4.98. The molecule has 0 saturated heterocycles. The fourth-order valence-corrected chi connectivity index (χ4v) is 3.36. The van der Waals surface area contributed by atoms with Crippen LogP contribution in [0.4, 0.5) is 5.69 Å². The Labute approximate surface area is 152 Å². The molecular formula is C20H22N2O2S. The Morgan fingerprint density at radius 2 is 1.92 bits per heavy atom. The van der Waals surface area contributed by atoms with Gasteiger partial charge in [-0.2, -0.15) is 0 Å². The van der Waals surface area contributed by atoms with E-state index in [0.29, 0.717) is 12.1 Å². The Kier molecular flexibility index (Phi) is 5.76. The molecule has 4 nitrogen and oxygen atoms in total. The number of hydrogen-bond acceptors (Lipinski definition) is 3. The van der Waals surface area contributed by atoms with E-state index >= 15 is 0 Å². The van der Waals surface area contributed by atoms with Crippen LogP contribution in [0.3, 0.4) is 0 Å². The largest absolute Gasteiger partial charge is 0.348 e. The van der Waals surface area contributed by atoms with Crippen LogP contribution in [0.5, 0.6) is 0 Å². The van der Waals surface area contributed by atoms with E-state index in [1.807, 2.05) is 48.5 Å². The summed E-state index contributed by atoms with van der Waals surface area (Å²) in [6, 6.07) is 15.3. The molecule has 130 valence electrons. The van der Waals surface area contributed by atoms with Crippen LogP contribution in [0.1, 0.15) is 35.7 Å². The van der Waals surface area contributed by atoms with Gasteiger partial charge in [0, 0.05) is 23.0 Å². The van der Waals surface area contributed by atoms with E-state index in [1.54, 1.807) is 11.8 Å². The predicted octanol–water partition coefficient (Wildman–Crippen LogP) is 4.08. The molecule has 0 unspecified atom stereocenters. The van der Waals surface area contributed by atoms with Gasteiger partial charge in [-0.15, -0.1) is 11.8 Å². The third-order valence-electron chi connectivity index (χ3n) is 4.03. The molecule has 0 aromatic heterocycles. The molecule has 0 spiro atoms. The SMILES string of the molecule is CCSc1ccccc1C(=O)NCc1cccc(NC(=O)C2CC2)c1. The fraction of sp³-hybridized carbons (Fsp3) is 0.300. The third kappa shape index (κ3) is 4.86. The molecule has 0 bridgehead atoms. The summed E-state index contributed by atoms with van der Waals surface area (Å²) >= 11 is 1.66. The molecule has 3 rings (SSSR count). The van der Waals surface area contributed by atoms with Crippen LogP contribution in [0, 0.1) is 5.92 Å². The van der Waals surface area contributed by atoms with E-state index < -0.39 is 0 Å². The zero-order chi connectivity index (χ0) is 17.6. The first kappa shape index (κ1) is 17.5. The van der Waals surface area contributed by atoms with Crippen molar-refractivity contribution in [2.24, 2.45) is 5.92 Å². The minimum absolute atomic E-state index is 0.0797. The van der Waals surface area contributed by atoms with Crippen molar-refractivity contribution >= 4 is 29.3 Å². The highest BCUT2D eigenvalue weighted by molar-refractivity contribution is 7.99. The molecule has 25 heavy (non-hydrogen) atoms. The maximum atomic E-state index is 12.5. The topological polar surface area (TPSA) is 58.2 Å². The van der Waals surface area contributed by atoms with E-state index in [-0.39, 0.29) is 17.7 Å². The molecule has 1 aliphatic carbocycles. The molecule has 2 aromatic carbocycles. The minimum atomic E-state index is -0.0797. The van der Waals surface area contributed by atoms with Gasteiger partial charge < -0.3 is 10.6 Å². The van der Waals surface area contributed by atoms with Crippen molar-refractivity contribution in [1.29, 1.82) is 0 Å². The maximum Gasteiger partial charge on any atom is 0.252 e. The summed E-state index contributed by atoms with van der Waals surface area (Å²) in [7, 11) is 0. The second-order valence-electron chi connectivity index (χ2n) is 6.08. The lowest BCUT2D eigenvalue weighted by atomic mass is 10.1. The zero-order valence-electron chi connectivity index (χ0n) is 14.2. The fourth-order valence-electron chi connectivity index (χ4n) is 2.56. The van der Waals surface area contributed by atoms with Crippen LogP contribution >= 0.6 is 11.8 Å². The lowest BCUT2D eigenvalue weighted by molar-refractivity contribution is -0.117. The molecular weight excluding hydrogens is 332 g/mol. The molecule has 1 aliphatic rings. The van der Waals surface area contributed by atoms with E-state index in [0.717, 1.165) is 34.7 Å². The molecule has 0 radical (unpaired) electrons. The molecule has 0 atom stereocenters. The van der Waals surface area contributed by atoms with Gasteiger partial charge in [0.2, 0.25) is 5.91 Å². The van der Waals surface area contributed by atoms with Crippen LogP contribution in [0.15, 0.2) is 53.4 Å². The number of carbonyl (C=O) groups is 2. The molecule has 2 N–H and O–H groups in total. The zero-order valence-corrected chi connectivity index (χ0v) is 15.1. The number of hydrogen-bond donors (Lipinski definition) is 2. The van der Waals surface area contributed by atoms with E-state index in [9.17, 15) is 9.59 Å². The second kappa shape index (κ2) is 8.21. The van der Waals surface area contributed by atoms with Crippen LogP contribution in [-0.4, -0.2) is 17.6 Å². The van der Waals surface area contributed by atoms with Gasteiger partial charge in [-0.05, 0) is 48.4 Å². The quantitative estimate of drug-likeness (QED) is 0.737. The van der Waals surface area contributed by atoms with E-state index in [1.165, 1.54) is 0 Å². The van der Waals surface area contributed by atoms with Crippen molar-refractivity contribution < 1.29 is 9.59 Å². The smallest absolute Gasteiger partial charge is 0.252 e. The standard InChI is InChI=1S/C20H22N2O2S/c1-2-25-18-9-4-3-8-17(18)20(24)21-13-14-6-5-7-16(12-14)22-19(23)15-10-11-15/h3-9,12,15H,2,10-11,13H2,1H3,(H,21,24)(H,22,23). The van der Waals surface area contributed by atoms with Gasteiger partial charge in [0.25, 0.3) is 5.91 Å². The number of rotatable bonds is 7. The number of benzene rings is 2. The number of anilines is 1. The van der Waals surface area contributed by atoms with Gasteiger partial charge >= 0.3 is 0 Å². The summed E-state index contributed by atoms with van der Waals surface area (Å²) < 4.78 is 0. The first-order valence-electron chi connectivity index (χ1n) is 8.57. The van der Waals surface area contributed by atoms with Gasteiger partial charge in [0.05, 0.1) is 5.56 Å². The molecule has 5 heteroatoms. The lowest BCUT2D eigenvalue weighted by Crippen LogP contribution is -2.23. The number of amides is 2. The molecule has 2 amide bonds. The number of nitrogens with one attached hydrogen (secondary N) is 2. The minimum Gasteiger partial charge on any atom is -0.348 e. The summed E-state index contributed by atoms with van der Waals surface area (Å²) in [5.74, 6) is 1.11. The normalized spacial score (nSPS) is 13.3. The van der Waals surface area contributed by atoms with Crippen LogP contribution in [0.25, 0.3) is 0 Å². The number of thioether (sulfide) groups is 1. The Morgan fingerprint density at radius 3 is 2.68 bits per heavy atom. The van der Waals surface area contributed by atoms with Crippen LogP contribution in [-0.2, 0) is 11.3 Å². The van der Waals surface area contributed by atoms with Crippen LogP contribution < -0.4 is 10.6 Å². The Bertz CT molecular complexity index is 772. The average Bonchev–Trinajstić information content (AvgIpc) is 3.46. The molecule has 1 fully saturated rings. The highest BCUT2D eigenvalue weighted by Crippen LogP contribution is 2.30. The van der Waals surface area contributed by atoms with Gasteiger partial charge in [-0.25, -0.2) is 0 Å². The monoisotopic (exact) mass is 354 g/mol. The van der Waals surface area contributed by atoms with Crippen molar-refractivity contribution in [2.75, 3.05) is 11.1 Å². The summed E-state index contributed by atoms with van der Waals surface area (Å²) in [5, 5.41) is 5.90. The summed E-state index contributed by atoms with van der Waals surface area (Å²) in [6.45, 7) is 2.50. The van der Waals surface area contributed by atoms with Crippen molar-refractivity contribution in [3.63, 3.8) is 0 Å². The van der Waals surface area contributed by atoms with E-state index in [4.69, 9.17) is 0 Å². The molecule has 2 aromatic rings. The van der Waals surface area contributed by atoms with Gasteiger partial charge in [-0.1, -0.05) is 31.2 Å². The van der Waals surface area contributed by atoms with Crippen LogP contribution in [0.2, 0.25) is 0 Å². The van der Waals surface area contributed by atoms with Crippen molar-refractivity contribution in [2.45, 2.75) is 31.2 Å². The van der Waals surface area contributed by atoms with E-state index in [2.05, 4.69) is 17.6 Å². The van der Waals surface area contributed by atoms with Crippen molar-refractivity contribution in [3.8, 4) is 0 Å². The molecule has 1 saturated carbocycles. The lowest BCUT2D eigenvalue weighted by Gasteiger charge is -2.10. The maximum absolute atomic E-state index is 12.5. The molecule has 0 aliphatic heterocycles. The summed E-state index contributed by atoms with van der Waals surface area (Å²) in [6.07, 6.45) is 1.97. The van der Waals surface area contributed by atoms with Gasteiger partial charge in [-0.3, -0.25) is 9.59 Å². The highest BCUT2D eigenvalue weighted by Gasteiger charge is 2.29. The molecule has 0 heterocycles. The summed E-state index contributed by atoms with van der Waals surface area (Å²) in [4.78, 5) is 25.3. The van der Waals surface area contributed by atoms with Crippen molar-refractivity contribution in [3.05, 3.63) is 59.7 Å². The Morgan fingerprint density at radius 1 is 1.12 bits per heavy atom. The average molecular weight is 354 g/mol. The first-order valence-corrected chi connectivity index (χ1v) is 9.55.